The molecule has 0 unspecified atom stereocenters. The number of likely N-dealkylation sites (tertiary alicyclic amines) is 1. The highest BCUT2D eigenvalue weighted by Gasteiger charge is 2.68. The zero-order valence-electron chi connectivity index (χ0n) is 21.7. The molecule has 4 heterocycles. The third-order valence-corrected chi connectivity index (χ3v) is 11.4. The summed E-state index contributed by atoms with van der Waals surface area (Å²) in [5.41, 5.74) is 5.92. The van der Waals surface area contributed by atoms with Gasteiger partial charge in [0.05, 0.1) is 37.1 Å². The normalized spacial score (nSPS) is 24.1. The van der Waals surface area contributed by atoms with Crippen LogP contribution in [0.1, 0.15) is 55.2 Å². The Labute approximate surface area is 228 Å². The molecule has 2 aliphatic heterocycles. The summed E-state index contributed by atoms with van der Waals surface area (Å²) in [4.78, 5) is 35.9. The standard InChI is InChI=1S/C28H29N3O5S2/c1-13-20(27-37-6-5-7-38-27)21-23(29-13)17(32)10-19-28(21)11-15(28)12-31(19)26(33)16-8-14-9-18(34-2)24(35-3)25(36-4)22(14)30-16/h8-10,15,27,29-30H,5-7,11-12H2,1-4H3/t15-,28+/m1/s1. The van der Waals surface area contributed by atoms with Crippen LogP contribution in [0.2, 0.25) is 0 Å². The fraction of sp³-hybridized carbons (Fsp3) is 0.429. The summed E-state index contributed by atoms with van der Waals surface area (Å²) in [5, 5.41) is 0.785. The maximum absolute atomic E-state index is 14.0. The number of piperidine rings is 1. The van der Waals surface area contributed by atoms with E-state index in [2.05, 4.69) is 16.9 Å². The van der Waals surface area contributed by atoms with Crippen LogP contribution in [-0.2, 0) is 5.41 Å². The van der Waals surface area contributed by atoms with Crippen molar-refractivity contribution in [1.29, 1.82) is 0 Å². The van der Waals surface area contributed by atoms with Crippen LogP contribution in [-0.4, -0.2) is 65.9 Å². The minimum atomic E-state index is -0.256. The van der Waals surface area contributed by atoms with Crippen molar-refractivity contribution in [3.63, 3.8) is 0 Å². The van der Waals surface area contributed by atoms with E-state index in [4.69, 9.17) is 14.2 Å². The number of allylic oxidation sites excluding steroid dienone is 2. The van der Waals surface area contributed by atoms with Crippen LogP contribution in [0, 0.1) is 12.8 Å². The van der Waals surface area contributed by atoms with E-state index in [0.29, 0.717) is 45.5 Å². The molecule has 38 heavy (non-hydrogen) atoms. The number of nitrogens with zero attached hydrogens (tertiary/aromatic N) is 1. The number of ether oxygens (including phenoxy) is 3. The van der Waals surface area contributed by atoms with E-state index < -0.39 is 0 Å². The fourth-order valence-electron chi connectivity index (χ4n) is 6.69. The number of aromatic nitrogens is 2. The van der Waals surface area contributed by atoms with Gasteiger partial charge in [0.2, 0.25) is 11.5 Å². The highest BCUT2D eigenvalue weighted by Crippen LogP contribution is 2.69. The molecule has 1 spiro atoms. The van der Waals surface area contributed by atoms with Gasteiger partial charge in [0.1, 0.15) is 5.69 Å². The maximum Gasteiger partial charge on any atom is 0.274 e. The minimum absolute atomic E-state index is 0.0427. The van der Waals surface area contributed by atoms with Crippen molar-refractivity contribution in [1.82, 2.24) is 14.9 Å². The van der Waals surface area contributed by atoms with Gasteiger partial charge in [-0.15, -0.1) is 23.5 Å². The molecule has 8 nitrogen and oxygen atoms in total. The number of methoxy groups -OCH3 is 3. The summed E-state index contributed by atoms with van der Waals surface area (Å²) >= 11 is 3.94. The highest BCUT2D eigenvalue weighted by molar-refractivity contribution is 8.16. The third-order valence-electron chi connectivity index (χ3n) is 8.41. The first-order valence-electron chi connectivity index (χ1n) is 12.8. The highest BCUT2D eigenvalue weighted by atomic mass is 32.2. The van der Waals surface area contributed by atoms with Crippen molar-refractivity contribution in [2.45, 2.75) is 29.8 Å². The predicted molar refractivity (Wildman–Crippen MR) is 149 cm³/mol. The number of H-pyrrole nitrogens is 2. The van der Waals surface area contributed by atoms with Crippen molar-refractivity contribution in [2.75, 3.05) is 39.4 Å². The average molecular weight is 552 g/mol. The number of amides is 1. The summed E-state index contributed by atoms with van der Waals surface area (Å²) < 4.78 is 16.9. The summed E-state index contributed by atoms with van der Waals surface area (Å²) in [6.07, 6.45) is 3.89. The first-order valence-corrected chi connectivity index (χ1v) is 14.9. The van der Waals surface area contributed by atoms with Gasteiger partial charge in [-0.3, -0.25) is 9.59 Å². The van der Waals surface area contributed by atoms with Crippen molar-refractivity contribution in [3.8, 4) is 17.2 Å². The van der Waals surface area contributed by atoms with E-state index in [1.807, 2.05) is 40.6 Å². The molecule has 2 atom stereocenters. The predicted octanol–water partition coefficient (Wildman–Crippen LogP) is 5.19. The largest absolute Gasteiger partial charge is 0.493 e. The van der Waals surface area contributed by atoms with Gasteiger partial charge in [0.15, 0.2) is 11.5 Å². The summed E-state index contributed by atoms with van der Waals surface area (Å²) in [7, 11) is 4.69. The number of aromatic amines is 2. The number of carbonyl (C=O) groups excluding carboxylic acids is 2. The van der Waals surface area contributed by atoms with Crippen LogP contribution in [0.3, 0.4) is 0 Å². The second-order valence-electron chi connectivity index (χ2n) is 10.3. The van der Waals surface area contributed by atoms with E-state index in [1.54, 1.807) is 27.4 Å². The van der Waals surface area contributed by atoms with E-state index in [1.165, 1.54) is 12.0 Å². The lowest BCUT2D eigenvalue weighted by molar-refractivity contribution is 0.0806. The van der Waals surface area contributed by atoms with Gasteiger partial charge in [-0.05, 0) is 54.9 Å². The van der Waals surface area contributed by atoms with Crippen molar-refractivity contribution in [3.05, 3.63) is 52.1 Å². The molecular weight excluding hydrogens is 522 g/mol. The first-order chi connectivity index (χ1) is 18.4. The molecule has 7 rings (SSSR count). The number of aryl methyl sites for hydroxylation is 1. The lowest BCUT2D eigenvalue weighted by Crippen LogP contribution is -2.34. The molecule has 10 heteroatoms. The average Bonchev–Trinajstić information content (AvgIpc) is 3.20. The van der Waals surface area contributed by atoms with Gasteiger partial charge >= 0.3 is 0 Å². The van der Waals surface area contributed by atoms with Crippen molar-refractivity contribution < 1.29 is 23.8 Å². The zero-order valence-corrected chi connectivity index (χ0v) is 23.4. The van der Waals surface area contributed by atoms with Gasteiger partial charge in [-0.1, -0.05) is 0 Å². The molecule has 1 amide bonds. The molecule has 198 valence electrons. The van der Waals surface area contributed by atoms with Crippen LogP contribution in [0.5, 0.6) is 17.2 Å². The molecule has 2 saturated heterocycles. The van der Waals surface area contributed by atoms with Crippen LogP contribution in [0.4, 0.5) is 0 Å². The van der Waals surface area contributed by atoms with Crippen molar-refractivity contribution >= 4 is 46.1 Å². The number of benzene rings is 1. The van der Waals surface area contributed by atoms with E-state index in [9.17, 15) is 9.59 Å². The van der Waals surface area contributed by atoms with Gasteiger partial charge in [0, 0.05) is 40.4 Å². The van der Waals surface area contributed by atoms with Crippen LogP contribution in [0.25, 0.3) is 10.9 Å². The first kappa shape index (κ1) is 24.1. The van der Waals surface area contributed by atoms with Crippen LogP contribution >= 0.6 is 23.5 Å². The molecule has 3 aromatic rings. The Bertz CT molecular complexity index is 1550. The molecule has 1 saturated carbocycles. The number of carbonyl (C=O) groups is 2. The Morgan fingerprint density at radius 1 is 1.08 bits per heavy atom. The molecule has 2 aliphatic carbocycles. The Balaban J connectivity index is 1.29. The molecule has 2 aromatic heterocycles. The van der Waals surface area contributed by atoms with Crippen LogP contribution in [0.15, 0.2) is 23.9 Å². The second-order valence-corrected chi connectivity index (χ2v) is 13.0. The second kappa shape index (κ2) is 8.51. The molecule has 2 N–H and O–H groups in total. The number of ketones is 1. The van der Waals surface area contributed by atoms with Gasteiger partial charge in [0.25, 0.3) is 5.91 Å². The van der Waals surface area contributed by atoms with Crippen LogP contribution < -0.4 is 14.2 Å². The van der Waals surface area contributed by atoms with E-state index in [-0.39, 0.29) is 17.1 Å². The topological polar surface area (TPSA) is 96.7 Å². The van der Waals surface area contributed by atoms with E-state index in [0.717, 1.165) is 46.0 Å². The number of hydrogen-bond donors (Lipinski definition) is 2. The number of fused-ring (bicyclic) bond motifs is 2. The lowest BCUT2D eigenvalue weighted by atomic mass is 9.83. The van der Waals surface area contributed by atoms with E-state index >= 15 is 0 Å². The molecule has 3 fully saturated rings. The van der Waals surface area contributed by atoms with Gasteiger partial charge < -0.3 is 29.1 Å². The third kappa shape index (κ3) is 3.13. The molecule has 0 bridgehead atoms. The molecular formula is C28H29N3O5S2. The summed E-state index contributed by atoms with van der Waals surface area (Å²) in [5.74, 6) is 3.86. The minimum Gasteiger partial charge on any atom is -0.493 e. The number of thioether (sulfide) groups is 2. The lowest BCUT2D eigenvalue weighted by Gasteiger charge is -2.30. The van der Waals surface area contributed by atoms with Crippen molar-refractivity contribution in [2.24, 2.45) is 5.92 Å². The smallest absolute Gasteiger partial charge is 0.274 e. The number of rotatable bonds is 5. The quantitative estimate of drug-likeness (QED) is 0.450. The summed E-state index contributed by atoms with van der Waals surface area (Å²) in [6.45, 7) is 2.69. The molecule has 0 radical (unpaired) electrons. The van der Waals surface area contributed by atoms with Gasteiger partial charge in [-0.2, -0.15) is 0 Å². The maximum atomic E-state index is 14.0. The number of hydrogen-bond acceptors (Lipinski definition) is 7. The Morgan fingerprint density at radius 2 is 1.84 bits per heavy atom. The molecule has 1 aromatic carbocycles. The SMILES string of the molecule is COc1cc2cc(C(=O)N3C[C@H]4C[C@@]45C3=CC(=O)c3[nH]c(C)c(C4SCCCS4)c35)[nH]c2c(OC)c1OC. The summed E-state index contributed by atoms with van der Waals surface area (Å²) in [6, 6.07) is 3.65. The Morgan fingerprint density at radius 3 is 2.55 bits per heavy atom. The molecule has 4 aliphatic rings. The number of nitrogens with one attached hydrogen (secondary N) is 2. The Kier molecular flexibility index (Phi) is 5.39. The zero-order chi connectivity index (χ0) is 26.3. The van der Waals surface area contributed by atoms with Gasteiger partial charge in [-0.25, -0.2) is 0 Å². The fourth-order valence-corrected chi connectivity index (χ4v) is 9.81. The monoisotopic (exact) mass is 551 g/mol. The Hall–Kier alpha value is -2.98.